The first kappa shape index (κ1) is 17.5. The Hall–Kier alpha value is -1.37. The summed E-state index contributed by atoms with van der Waals surface area (Å²) in [6, 6.07) is 6.87. The van der Waals surface area contributed by atoms with Crippen molar-refractivity contribution < 1.29 is 4.39 Å². The van der Waals surface area contributed by atoms with Crippen molar-refractivity contribution in [2.45, 2.75) is 64.7 Å². The average molecular weight is 326 g/mol. The number of benzene rings is 1. The first-order chi connectivity index (χ1) is 11.8. The summed E-state index contributed by atoms with van der Waals surface area (Å²) in [4.78, 5) is 0. The molecule has 24 heavy (non-hydrogen) atoms. The lowest BCUT2D eigenvalue weighted by atomic mass is 9.72. The number of allylic oxidation sites excluding steroid dienone is 4. The summed E-state index contributed by atoms with van der Waals surface area (Å²) < 4.78 is 13.1. The van der Waals surface area contributed by atoms with Crippen molar-refractivity contribution in [1.82, 2.24) is 0 Å². The molecule has 0 radical (unpaired) electrons. The first-order valence-electron chi connectivity index (χ1n) is 9.90. The molecular weight excluding hydrogens is 295 g/mol. The maximum absolute atomic E-state index is 13.1. The van der Waals surface area contributed by atoms with E-state index in [0.717, 1.165) is 23.8 Å². The van der Waals surface area contributed by atoms with Crippen LogP contribution in [0.3, 0.4) is 0 Å². The molecule has 0 nitrogen and oxygen atoms in total. The van der Waals surface area contributed by atoms with Gasteiger partial charge in [0.05, 0.1) is 0 Å². The maximum atomic E-state index is 13.1. The zero-order chi connectivity index (χ0) is 16.8. The summed E-state index contributed by atoms with van der Waals surface area (Å²) >= 11 is 0. The molecule has 3 rings (SSSR count). The second-order valence-corrected chi connectivity index (χ2v) is 7.70. The van der Waals surface area contributed by atoms with Crippen molar-refractivity contribution in [3.05, 3.63) is 53.9 Å². The smallest absolute Gasteiger partial charge is 0.123 e. The van der Waals surface area contributed by atoms with Gasteiger partial charge in [-0.25, -0.2) is 4.39 Å². The Labute approximate surface area is 146 Å². The molecule has 0 bridgehead atoms. The molecule has 2 aliphatic rings. The van der Waals surface area contributed by atoms with E-state index in [0.29, 0.717) is 5.92 Å². The van der Waals surface area contributed by atoms with Crippen molar-refractivity contribution in [3.63, 3.8) is 0 Å². The molecule has 0 saturated heterocycles. The Bertz CT molecular complexity index is 558. The van der Waals surface area contributed by atoms with Crippen LogP contribution in [-0.2, 0) is 0 Å². The van der Waals surface area contributed by atoms with Crippen molar-refractivity contribution in [2.75, 3.05) is 0 Å². The van der Waals surface area contributed by atoms with E-state index in [-0.39, 0.29) is 5.82 Å². The first-order valence-corrected chi connectivity index (χ1v) is 9.90. The van der Waals surface area contributed by atoms with Gasteiger partial charge in [-0.2, -0.15) is 0 Å². The Morgan fingerprint density at radius 1 is 1.00 bits per heavy atom. The highest BCUT2D eigenvalue weighted by molar-refractivity contribution is 5.74. The Morgan fingerprint density at radius 3 is 2.38 bits per heavy atom. The number of hydrogen-bond acceptors (Lipinski definition) is 0. The lowest BCUT2D eigenvalue weighted by molar-refractivity contribution is 0.219. The van der Waals surface area contributed by atoms with Crippen LogP contribution in [0.25, 0.3) is 5.57 Å². The van der Waals surface area contributed by atoms with E-state index in [1.54, 1.807) is 12.1 Å². The van der Waals surface area contributed by atoms with E-state index in [2.05, 4.69) is 25.2 Å². The summed E-state index contributed by atoms with van der Waals surface area (Å²) in [6.07, 6.45) is 19.5. The molecule has 1 heteroatoms. The Kier molecular flexibility index (Phi) is 6.29. The van der Waals surface area contributed by atoms with E-state index in [4.69, 9.17) is 0 Å². The van der Waals surface area contributed by atoms with E-state index in [1.807, 2.05) is 12.1 Å². The highest BCUT2D eigenvalue weighted by atomic mass is 19.1. The molecule has 1 aromatic carbocycles. The molecule has 0 amide bonds. The second-order valence-electron chi connectivity index (χ2n) is 7.70. The number of unbranched alkanes of at least 4 members (excludes halogenated alkanes) is 2. The van der Waals surface area contributed by atoms with Gasteiger partial charge in [0.1, 0.15) is 5.82 Å². The minimum absolute atomic E-state index is 0.160. The van der Waals surface area contributed by atoms with Crippen LogP contribution in [0.5, 0.6) is 0 Å². The number of rotatable bonds is 6. The largest absolute Gasteiger partial charge is 0.207 e. The van der Waals surface area contributed by atoms with E-state index in [9.17, 15) is 4.39 Å². The fraction of sp³-hybridized carbons (Fsp3) is 0.565. The highest BCUT2D eigenvalue weighted by Gasteiger charge is 2.26. The van der Waals surface area contributed by atoms with Crippen LogP contribution in [0, 0.1) is 23.6 Å². The molecule has 0 N–H and O–H groups in total. The molecule has 0 aromatic heterocycles. The van der Waals surface area contributed by atoms with Crippen molar-refractivity contribution >= 4 is 5.57 Å². The van der Waals surface area contributed by atoms with E-state index < -0.39 is 0 Å². The molecule has 1 aromatic rings. The standard InChI is InChI=1S/C23H31F/c1-2-3-4-5-18-6-8-19(9-7-18)20-10-12-21(13-11-20)22-14-16-23(24)17-15-22/h10,12-20H,2-9,11H2,1H3. The monoisotopic (exact) mass is 326 g/mol. The quantitative estimate of drug-likeness (QED) is 0.486. The summed E-state index contributed by atoms with van der Waals surface area (Å²) in [7, 11) is 0. The van der Waals surface area contributed by atoms with Gasteiger partial charge in [-0.15, -0.1) is 0 Å². The minimum Gasteiger partial charge on any atom is -0.207 e. The topological polar surface area (TPSA) is 0 Å². The molecule has 0 aliphatic heterocycles. The molecular formula is C23H31F. The van der Waals surface area contributed by atoms with Gasteiger partial charge in [-0.1, -0.05) is 75.8 Å². The summed E-state index contributed by atoms with van der Waals surface area (Å²) in [5.41, 5.74) is 2.38. The van der Waals surface area contributed by atoms with Crippen LogP contribution in [0.15, 0.2) is 42.5 Å². The third-order valence-electron chi connectivity index (χ3n) is 6.02. The predicted molar refractivity (Wildman–Crippen MR) is 101 cm³/mol. The molecule has 0 heterocycles. The molecule has 0 spiro atoms. The normalized spacial score (nSPS) is 27.1. The minimum atomic E-state index is -0.160. The van der Waals surface area contributed by atoms with Crippen LogP contribution in [0.1, 0.15) is 70.3 Å². The molecule has 1 unspecified atom stereocenters. The Morgan fingerprint density at radius 2 is 1.75 bits per heavy atom. The Balaban J connectivity index is 1.47. The van der Waals surface area contributed by atoms with Crippen LogP contribution < -0.4 is 0 Å². The zero-order valence-corrected chi connectivity index (χ0v) is 15.0. The van der Waals surface area contributed by atoms with Crippen LogP contribution in [0.4, 0.5) is 4.39 Å². The van der Waals surface area contributed by atoms with Gasteiger partial charge < -0.3 is 0 Å². The van der Waals surface area contributed by atoms with Crippen molar-refractivity contribution in [1.29, 1.82) is 0 Å². The van der Waals surface area contributed by atoms with Crippen molar-refractivity contribution in [3.8, 4) is 0 Å². The number of hydrogen-bond donors (Lipinski definition) is 0. The number of halogens is 1. The summed E-state index contributed by atoms with van der Waals surface area (Å²) in [5, 5.41) is 0. The predicted octanol–water partition coefficient (Wildman–Crippen LogP) is 7.17. The fourth-order valence-electron chi connectivity index (χ4n) is 4.43. The SMILES string of the molecule is CCCCCC1CCC(C2C=CC(c3ccc(F)cc3)=CC2)CC1. The third-order valence-corrected chi connectivity index (χ3v) is 6.02. The van der Waals surface area contributed by atoms with Crippen LogP contribution in [-0.4, -0.2) is 0 Å². The molecule has 1 atom stereocenters. The van der Waals surface area contributed by atoms with Gasteiger partial charge in [0.25, 0.3) is 0 Å². The maximum Gasteiger partial charge on any atom is 0.123 e. The molecule has 130 valence electrons. The van der Waals surface area contributed by atoms with Gasteiger partial charge in [0.15, 0.2) is 0 Å². The van der Waals surface area contributed by atoms with Gasteiger partial charge in [0.2, 0.25) is 0 Å². The van der Waals surface area contributed by atoms with Gasteiger partial charge >= 0.3 is 0 Å². The zero-order valence-electron chi connectivity index (χ0n) is 15.0. The van der Waals surface area contributed by atoms with Crippen LogP contribution >= 0.6 is 0 Å². The second kappa shape index (κ2) is 8.65. The van der Waals surface area contributed by atoms with E-state index >= 15 is 0 Å². The lowest BCUT2D eigenvalue weighted by Gasteiger charge is -2.33. The molecule has 1 fully saturated rings. The molecule has 2 aliphatic carbocycles. The molecule has 1 saturated carbocycles. The lowest BCUT2D eigenvalue weighted by Crippen LogP contribution is -2.21. The van der Waals surface area contributed by atoms with Gasteiger partial charge in [-0.3, -0.25) is 0 Å². The summed E-state index contributed by atoms with van der Waals surface area (Å²) in [6.45, 7) is 2.29. The van der Waals surface area contributed by atoms with Crippen molar-refractivity contribution in [2.24, 2.45) is 17.8 Å². The summed E-state index contributed by atoms with van der Waals surface area (Å²) in [5.74, 6) is 2.42. The van der Waals surface area contributed by atoms with E-state index in [1.165, 1.54) is 56.9 Å². The average Bonchev–Trinajstić information content (AvgIpc) is 2.63. The third kappa shape index (κ3) is 4.59. The van der Waals surface area contributed by atoms with Gasteiger partial charge in [-0.05, 0) is 60.3 Å². The fourth-order valence-corrected chi connectivity index (χ4v) is 4.43. The highest BCUT2D eigenvalue weighted by Crippen LogP contribution is 2.39. The van der Waals surface area contributed by atoms with Crippen LogP contribution in [0.2, 0.25) is 0 Å². The van der Waals surface area contributed by atoms with Gasteiger partial charge in [0, 0.05) is 0 Å².